The molecular weight excluding hydrogens is 290 g/mol. The molecule has 0 fully saturated rings. The van der Waals surface area contributed by atoms with Crippen molar-refractivity contribution in [1.29, 1.82) is 0 Å². The predicted octanol–water partition coefficient (Wildman–Crippen LogP) is 2.79. The van der Waals surface area contributed by atoms with E-state index < -0.39 is 0 Å². The summed E-state index contributed by atoms with van der Waals surface area (Å²) in [4.78, 5) is 17.0. The monoisotopic (exact) mass is 307 g/mol. The van der Waals surface area contributed by atoms with Gasteiger partial charge in [-0.15, -0.1) is 11.3 Å². The number of benzene rings is 1. The lowest BCUT2D eigenvalue weighted by molar-refractivity contribution is 0.252. The van der Waals surface area contributed by atoms with Crippen molar-refractivity contribution in [2.75, 3.05) is 19.5 Å². The molecule has 0 radical (unpaired) electrons. The quantitative estimate of drug-likeness (QED) is 0.891. The van der Waals surface area contributed by atoms with E-state index in [0.29, 0.717) is 23.7 Å². The summed E-state index contributed by atoms with van der Waals surface area (Å²) in [6.45, 7) is 2.37. The fraction of sp³-hybridized carbons (Fsp3) is 0.286. The second kappa shape index (κ2) is 6.94. The fourth-order valence-electron chi connectivity index (χ4n) is 1.71. The highest BCUT2D eigenvalue weighted by atomic mass is 32.1. The van der Waals surface area contributed by atoms with Crippen LogP contribution in [0.25, 0.3) is 0 Å². The smallest absolute Gasteiger partial charge is 0.319 e. The zero-order valence-corrected chi connectivity index (χ0v) is 12.9. The molecule has 0 unspecified atom stereocenters. The van der Waals surface area contributed by atoms with Crippen molar-refractivity contribution in [3.63, 3.8) is 0 Å². The number of nitrogens with zero attached hydrogens (tertiary/aromatic N) is 1. The van der Waals surface area contributed by atoms with Gasteiger partial charge in [0.1, 0.15) is 11.5 Å². The van der Waals surface area contributed by atoms with E-state index in [0.717, 1.165) is 9.88 Å². The van der Waals surface area contributed by atoms with Crippen LogP contribution >= 0.6 is 11.3 Å². The highest BCUT2D eigenvalue weighted by molar-refractivity contribution is 7.11. The molecule has 7 heteroatoms. The van der Waals surface area contributed by atoms with Gasteiger partial charge in [-0.2, -0.15) is 0 Å². The lowest BCUT2D eigenvalue weighted by atomic mass is 10.3. The van der Waals surface area contributed by atoms with Crippen LogP contribution in [0.2, 0.25) is 0 Å². The molecule has 1 heterocycles. The third-order valence-electron chi connectivity index (χ3n) is 2.70. The molecule has 2 amide bonds. The highest BCUT2D eigenvalue weighted by Gasteiger charge is 2.06. The van der Waals surface area contributed by atoms with Crippen LogP contribution in [0.15, 0.2) is 24.4 Å². The van der Waals surface area contributed by atoms with Gasteiger partial charge < -0.3 is 20.1 Å². The standard InChI is InChI=1S/C14H17N3O3S/c1-9-15-7-13(21-9)8-16-14(18)17-10-4-11(19-2)6-12(5-10)20-3/h4-7H,8H2,1-3H3,(H2,16,17,18). The van der Waals surface area contributed by atoms with Crippen molar-refractivity contribution in [1.82, 2.24) is 10.3 Å². The van der Waals surface area contributed by atoms with E-state index in [1.807, 2.05) is 6.92 Å². The normalized spacial score (nSPS) is 10.0. The summed E-state index contributed by atoms with van der Waals surface area (Å²) in [5.41, 5.74) is 0.601. The van der Waals surface area contributed by atoms with Crippen LogP contribution < -0.4 is 20.1 Å². The summed E-state index contributed by atoms with van der Waals surface area (Å²) >= 11 is 1.55. The molecule has 21 heavy (non-hydrogen) atoms. The summed E-state index contributed by atoms with van der Waals surface area (Å²) in [6.07, 6.45) is 1.76. The number of amides is 2. The molecular formula is C14H17N3O3S. The third-order valence-corrected chi connectivity index (χ3v) is 3.61. The molecule has 0 saturated carbocycles. The molecule has 2 aromatic rings. The Morgan fingerprint density at radius 3 is 2.43 bits per heavy atom. The van der Waals surface area contributed by atoms with Gasteiger partial charge in [-0.05, 0) is 6.92 Å². The van der Waals surface area contributed by atoms with E-state index in [4.69, 9.17) is 9.47 Å². The Kier molecular flexibility index (Phi) is 4.99. The zero-order chi connectivity index (χ0) is 15.2. The topological polar surface area (TPSA) is 72.5 Å². The van der Waals surface area contributed by atoms with Gasteiger partial charge in [0.15, 0.2) is 0 Å². The number of hydrogen-bond acceptors (Lipinski definition) is 5. The first-order valence-corrected chi connectivity index (χ1v) is 7.11. The van der Waals surface area contributed by atoms with Crippen LogP contribution in [0.5, 0.6) is 11.5 Å². The molecule has 0 aliphatic heterocycles. The number of ether oxygens (including phenoxy) is 2. The van der Waals surface area contributed by atoms with Gasteiger partial charge in [0.05, 0.1) is 25.8 Å². The van der Waals surface area contributed by atoms with Crippen LogP contribution in [-0.4, -0.2) is 25.2 Å². The highest BCUT2D eigenvalue weighted by Crippen LogP contribution is 2.25. The third kappa shape index (κ3) is 4.35. The molecule has 0 bridgehead atoms. The number of methoxy groups -OCH3 is 2. The minimum atomic E-state index is -0.295. The number of anilines is 1. The summed E-state index contributed by atoms with van der Waals surface area (Å²) in [5, 5.41) is 6.49. The first-order chi connectivity index (χ1) is 10.1. The number of aromatic nitrogens is 1. The number of nitrogens with one attached hydrogen (secondary N) is 2. The van der Waals surface area contributed by atoms with E-state index in [-0.39, 0.29) is 6.03 Å². The van der Waals surface area contributed by atoms with Crippen molar-refractivity contribution >= 4 is 23.1 Å². The van der Waals surface area contributed by atoms with Gasteiger partial charge in [-0.25, -0.2) is 9.78 Å². The van der Waals surface area contributed by atoms with E-state index in [1.165, 1.54) is 0 Å². The first kappa shape index (κ1) is 15.1. The molecule has 1 aromatic carbocycles. The van der Waals surface area contributed by atoms with E-state index in [9.17, 15) is 4.79 Å². The molecule has 0 aliphatic rings. The van der Waals surface area contributed by atoms with Crippen molar-refractivity contribution in [2.45, 2.75) is 13.5 Å². The number of aryl methyl sites for hydroxylation is 1. The largest absolute Gasteiger partial charge is 0.497 e. The Labute approximate surface area is 127 Å². The lowest BCUT2D eigenvalue weighted by Crippen LogP contribution is -2.27. The van der Waals surface area contributed by atoms with Gasteiger partial charge in [0.2, 0.25) is 0 Å². The number of urea groups is 1. The van der Waals surface area contributed by atoms with Gasteiger partial charge in [-0.1, -0.05) is 0 Å². The lowest BCUT2D eigenvalue weighted by Gasteiger charge is -2.10. The van der Waals surface area contributed by atoms with Crippen LogP contribution in [0.4, 0.5) is 10.5 Å². The average molecular weight is 307 g/mol. The minimum Gasteiger partial charge on any atom is -0.497 e. The van der Waals surface area contributed by atoms with Crippen LogP contribution in [0.3, 0.4) is 0 Å². The van der Waals surface area contributed by atoms with E-state index >= 15 is 0 Å². The van der Waals surface area contributed by atoms with Crippen LogP contribution in [0, 0.1) is 6.92 Å². The Hall–Kier alpha value is -2.28. The van der Waals surface area contributed by atoms with Gasteiger partial charge in [0, 0.05) is 35.0 Å². The Bertz CT molecular complexity index is 605. The minimum absolute atomic E-state index is 0.295. The molecule has 112 valence electrons. The Balaban J connectivity index is 1.95. The maximum atomic E-state index is 11.9. The summed E-state index contributed by atoms with van der Waals surface area (Å²) < 4.78 is 10.3. The number of thiazole rings is 1. The number of hydrogen-bond donors (Lipinski definition) is 2. The van der Waals surface area contributed by atoms with Crippen LogP contribution in [-0.2, 0) is 6.54 Å². The second-order valence-electron chi connectivity index (χ2n) is 4.25. The first-order valence-electron chi connectivity index (χ1n) is 6.30. The van der Waals surface area contributed by atoms with Crippen molar-refractivity contribution in [3.8, 4) is 11.5 Å². The van der Waals surface area contributed by atoms with Gasteiger partial charge in [-0.3, -0.25) is 0 Å². The fourth-order valence-corrected chi connectivity index (χ4v) is 2.44. The van der Waals surface area contributed by atoms with Crippen molar-refractivity contribution < 1.29 is 14.3 Å². The Morgan fingerprint density at radius 2 is 1.90 bits per heavy atom. The van der Waals surface area contributed by atoms with Crippen molar-refractivity contribution in [2.24, 2.45) is 0 Å². The number of carbonyl (C=O) groups excluding carboxylic acids is 1. The SMILES string of the molecule is COc1cc(NC(=O)NCc2cnc(C)s2)cc(OC)c1. The summed E-state index contributed by atoms with van der Waals surface area (Å²) in [6, 6.07) is 4.89. The zero-order valence-electron chi connectivity index (χ0n) is 12.1. The molecule has 1 aromatic heterocycles. The number of carbonyl (C=O) groups is 1. The molecule has 2 N–H and O–H groups in total. The summed E-state index contributed by atoms with van der Waals surface area (Å²) in [7, 11) is 3.12. The molecule has 2 rings (SSSR count). The maximum absolute atomic E-state index is 11.9. The predicted molar refractivity (Wildman–Crippen MR) is 82.3 cm³/mol. The van der Waals surface area contributed by atoms with E-state index in [1.54, 1.807) is 50.0 Å². The summed E-state index contributed by atoms with van der Waals surface area (Å²) in [5.74, 6) is 1.23. The molecule has 0 saturated heterocycles. The van der Waals surface area contributed by atoms with Crippen molar-refractivity contribution in [3.05, 3.63) is 34.3 Å². The van der Waals surface area contributed by atoms with Gasteiger partial charge >= 0.3 is 6.03 Å². The van der Waals surface area contributed by atoms with Gasteiger partial charge in [0.25, 0.3) is 0 Å². The van der Waals surface area contributed by atoms with Crippen LogP contribution in [0.1, 0.15) is 9.88 Å². The second-order valence-corrected chi connectivity index (χ2v) is 5.57. The average Bonchev–Trinajstić information content (AvgIpc) is 2.90. The molecule has 0 aliphatic carbocycles. The molecule has 6 nitrogen and oxygen atoms in total. The Morgan fingerprint density at radius 1 is 1.24 bits per heavy atom. The maximum Gasteiger partial charge on any atom is 0.319 e. The molecule has 0 atom stereocenters. The molecule has 0 spiro atoms. The number of rotatable bonds is 5. The van der Waals surface area contributed by atoms with E-state index in [2.05, 4.69) is 15.6 Å².